The molecule has 2 aromatic rings. The van der Waals surface area contributed by atoms with Gasteiger partial charge in [0, 0.05) is 18.6 Å². The van der Waals surface area contributed by atoms with Crippen molar-refractivity contribution in [1.82, 2.24) is 9.38 Å². The minimum atomic E-state index is -1.06. The van der Waals surface area contributed by atoms with Gasteiger partial charge in [-0.05, 0) is 6.07 Å². The van der Waals surface area contributed by atoms with Crippen molar-refractivity contribution in [2.45, 2.75) is 0 Å². The normalized spacial score (nSPS) is 9.93. The fourth-order valence-corrected chi connectivity index (χ4v) is 1.23. The Hall–Kier alpha value is -2.35. The van der Waals surface area contributed by atoms with Crippen molar-refractivity contribution in [2.75, 3.05) is 0 Å². The number of carboxylic acid groups (broad SMARTS) is 1. The van der Waals surface area contributed by atoms with E-state index in [0.29, 0.717) is 5.65 Å². The first-order chi connectivity index (χ1) is 6.72. The number of hydrogen-bond acceptors (Lipinski definition) is 3. The molecule has 2 heterocycles. The van der Waals surface area contributed by atoms with Crippen LogP contribution in [0.15, 0.2) is 24.7 Å². The van der Waals surface area contributed by atoms with Gasteiger partial charge < -0.3 is 9.51 Å². The van der Waals surface area contributed by atoms with Crippen LogP contribution in [0.2, 0.25) is 0 Å². The standard InChI is InChI=1S/C9H5N3O2/c10-4-6-3-7(9(13)14)5-12-2-1-11-8(6)12/h1-3,5H,(H,13,14). The summed E-state index contributed by atoms with van der Waals surface area (Å²) in [6, 6.07) is 3.21. The molecule has 0 amide bonds. The van der Waals surface area contributed by atoms with Crippen molar-refractivity contribution in [3.63, 3.8) is 0 Å². The highest BCUT2D eigenvalue weighted by Crippen LogP contribution is 2.11. The van der Waals surface area contributed by atoms with Gasteiger partial charge in [-0.2, -0.15) is 5.26 Å². The van der Waals surface area contributed by atoms with Gasteiger partial charge in [-0.15, -0.1) is 0 Å². The van der Waals surface area contributed by atoms with Crippen LogP contribution < -0.4 is 0 Å². The number of fused-ring (bicyclic) bond motifs is 1. The zero-order valence-electron chi connectivity index (χ0n) is 7.01. The van der Waals surface area contributed by atoms with Gasteiger partial charge in [0.2, 0.25) is 0 Å². The van der Waals surface area contributed by atoms with Crippen LogP contribution in [0.4, 0.5) is 0 Å². The van der Waals surface area contributed by atoms with E-state index in [-0.39, 0.29) is 11.1 Å². The molecule has 0 bridgehead atoms. The Labute approximate surface area is 78.8 Å². The van der Waals surface area contributed by atoms with Crippen LogP contribution in [0.5, 0.6) is 0 Å². The molecule has 1 N–H and O–H groups in total. The first kappa shape index (κ1) is 8.26. The van der Waals surface area contributed by atoms with E-state index < -0.39 is 5.97 Å². The summed E-state index contributed by atoms with van der Waals surface area (Å²) >= 11 is 0. The van der Waals surface area contributed by atoms with E-state index in [1.807, 2.05) is 6.07 Å². The summed E-state index contributed by atoms with van der Waals surface area (Å²) in [5.74, 6) is -1.06. The predicted molar refractivity (Wildman–Crippen MR) is 46.9 cm³/mol. The smallest absolute Gasteiger partial charge is 0.337 e. The maximum absolute atomic E-state index is 10.7. The molecule has 0 aliphatic rings. The second kappa shape index (κ2) is 2.85. The molecule has 2 rings (SSSR count). The minimum Gasteiger partial charge on any atom is -0.478 e. The highest BCUT2D eigenvalue weighted by molar-refractivity contribution is 5.88. The average Bonchev–Trinajstić information content (AvgIpc) is 2.63. The summed E-state index contributed by atoms with van der Waals surface area (Å²) in [4.78, 5) is 14.6. The van der Waals surface area contributed by atoms with E-state index in [0.717, 1.165) is 0 Å². The molecule has 0 spiro atoms. The SMILES string of the molecule is N#Cc1cc(C(=O)O)cn2ccnc12. The fraction of sp³-hybridized carbons (Fsp3) is 0. The summed E-state index contributed by atoms with van der Waals surface area (Å²) in [6.45, 7) is 0. The van der Waals surface area contributed by atoms with Gasteiger partial charge in [0.25, 0.3) is 0 Å². The van der Waals surface area contributed by atoms with Crippen molar-refractivity contribution >= 4 is 11.6 Å². The number of carboxylic acids is 1. The van der Waals surface area contributed by atoms with Gasteiger partial charge in [0.1, 0.15) is 6.07 Å². The van der Waals surface area contributed by atoms with Gasteiger partial charge in [0.05, 0.1) is 11.1 Å². The Morgan fingerprint density at radius 1 is 1.64 bits per heavy atom. The maximum atomic E-state index is 10.7. The molecule has 0 aliphatic carbocycles. The van der Waals surface area contributed by atoms with Crippen LogP contribution in [0.25, 0.3) is 5.65 Å². The van der Waals surface area contributed by atoms with Crippen LogP contribution >= 0.6 is 0 Å². The molecule has 68 valence electrons. The number of aromatic carboxylic acids is 1. The van der Waals surface area contributed by atoms with Crippen LogP contribution in [-0.2, 0) is 0 Å². The Bertz CT molecular complexity index is 551. The van der Waals surface area contributed by atoms with Gasteiger partial charge in [-0.25, -0.2) is 9.78 Å². The Morgan fingerprint density at radius 3 is 3.07 bits per heavy atom. The summed E-state index contributed by atoms with van der Waals surface area (Å²) in [5.41, 5.74) is 0.805. The third-order valence-corrected chi connectivity index (χ3v) is 1.85. The third kappa shape index (κ3) is 1.10. The first-order valence-electron chi connectivity index (χ1n) is 3.82. The number of hydrogen-bond donors (Lipinski definition) is 1. The predicted octanol–water partition coefficient (Wildman–Crippen LogP) is 0.904. The molecular weight excluding hydrogens is 182 g/mol. The van der Waals surface area contributed by atoms with Crippen LogP contribution in [0, 0.1) is 11.3 Å². The van der Waals surface area contributed by atoms with Crippen molar-refractivity contribution in [2.24, 2.45) is 0 Å². The molecule has 0 saturated carbocycles. The number of aromatic nitrogens is 2. The molecule has 0 unspecified atom stereocenters. The number of rotatable bonds is 1. The maximum Gasteiger partial charge on any atom is 0.337 e. The molecule has 0 aromatic carbocycles. The number of nitriles is 1. The lowest BCUT2D eigenvalue weighted by Gasteiger charge is -1.98. The highest BCUT2D eigenvalue weighted by Gasteiger charge is 2.09. The quantitative estimate of drug-likeness (QED) is 0.719. The van der Waals surface area contributed by atoms with E-state index in [1.165, 1.54) is 22.9 Å². The highest BCUT2D eigenvalue weighted by atomic mass is 16.4. The number of imidazole rings is 1. The summed E-state index contributed by atoms with van der Waals surface area (Å²) in [6.07, 6.45) is 4.54. The molecule has 2 aromatic heterocycles. The van der Waals surface area contributed by atoms with E-state index in [2.05, 4.69) is 4.98 Å². The van der Waals surface area contributed by atoms with Gasteiger partial charge in [-0.1, -0.05) is 0 Å². The average molecular weight is 187 g/mol. The lowest BCUT2D eigenvalue weighted by atomic mass is 10.2. The molecule has 0 saturated heterocycles. The van der Waals surface area contributed by atoms with Crippen LogP contribution in [0.3, 0.4) is 0 Å². The van der Waals surface area contributed by atoms with Crippen LogP contribution in [0.1, 0.15) is 15.9 Å². The van der Waals surface area contributed by atoms with Crippen molar-refractivity contribution in [1.29, 1.82) is 5.26 Å². The summed E-state index contributed by atoms with van der Waals surface area (Å²) < 4.78 is 1.52. The molecule has 0 atom stereocenters. The van der Waals surface area contributed by atoms with Gasteiger partial charge in [0.15, 0.2) is 5.65 Å². The Morgan fingerprint density at radius 2 is 2.43 bits per heavy atom. The molecular formula is C9H5N3O2. The Balaban J connectivity index is 2.82. The molecule has 5 nitrogen and oxygen atoms in total. The number of nitrogens with zero attached hydrogens (tertiary/aromatic N) is 3. The van der Waals surface area contributed by atoms with E-state index in [1.54, 1.807) is 6.20 Å². The zero-order valence-corrected chi connectivity index (χ0v) is 7.01. The number of carbonyl (C=O) groups is 1. The monoisotopic (exact) mass is 187 g/mol. The first-order valence-corrected chi connectivity index (χ1v) is 3.82. The lowest BCUT2D eigenvalue weighted by Crippen LogP contribution is -2.00. The van der Waals surface area contributed by atoms with Crippen molar-refractivity contribution in [3.8, 4) is 6.07 Å². The molecule has 14 heavy (non-hydrogen) atoms. The van der Waals surface area contributed by atoms with E-state index in [9.17, 15) is 4.79 Å². The van der Waals surface area contributed by atoms with Crippen molar-refractivity contribution < 1.29 is 9.90 Å². The molecule has 0 fully saturated rings. The van der Waals surface area contributed by atoms with Crippen LogP contribution in [-0.4, -0.2) is 20.5 Å². The second-order valence-corrected chi connectivity index (χ2v) is 2.72. The lowest BCUT2D eigenvalue weighted by molar-refractivity contribution is 0.0696. The Kier molecular flexibility index (Phi) is 1.68. The molecule has 5 heteroatoms. The van der Waals surface area contributed by atoms with Crippen molar-refractivity contribution in [3.05, 3.63) is 35.8 Å². The summed E-state index contributed by atoms with van der Waals surface area (Å²) in [7, 11) is 0. The van der Waals surface area contributed by atoms with Gasteiger partial charge in [-0.3, -0.25) is 0 Å². The molecule has 0 radical (unpaired) electrons. The zero-order chi connectivity index (χ0) is 10.1. The molecule has 0 aliphatic heterocycles. The topological polar surface area (TPSA) is 78.4 Å². The van der Waals surface area contributed by atoms with Gasteiger partial charge >= 0.3 is 5.97 Å². The second-order valence-electron chi connectivity index (χ2n) is 2.72. The number of pyridine rings is 1. The fourth-order valence-electron chi connectivity index (χ4n) is 1.23. The minimum absolute atomic E-state index is 0.0760. The largest absolute Gasteiger partial charge is 0.478 e. The van der Waals surface area contributed by atoms with E-state index >= 15 is 0 Å². The summed E-state index contributed by atoms with van der Waals surface area (Å²) in [5, 5.41) is 17.5. The van der Waals surface area contributed by atoms with E-state index in [4.69, 9.17) is 10.4 Å². The third-order valence-electron chi connectivity index (χ3n) is 1.85.